The Bertz CT molecular complexity index is 336. The zero-order valence-electron chi connectivity index (χ0n) is 11.9. The highest BCUT2D eigenvalue weighted by Crippen LogP contribution is 2.34. The summed E-state index contributed by atoms with van der Waals surface area (Å²) in [5.74, 6) is 0. The van der Waals surface area contributed by atoms with Gasteiger partial charge in [-0.3, -0.25) is 0 Å². The molecule has 0 spiro atoms. The number of rotatable bonds is 6. The van der Waals surface area contributed by atoms with Gasteiger partial charge in [-0.05, 0) is 37.7 Å². The minimum Gasteiger partial charge on any atom is -0.309 e. The lowest BCUT2D eigenvalue weighted by Gasteiger charge is -2.33. The first kappa shape index (κ1) is 13.6. The summed E-state index contributed by atoms with van der Waals surface area (Å²) in [5, 5.41) is 3.84. The van der Waals surface area contributed by atoms with Crippen molar-refractivity contribution in [3.63, 3.8) is 0 Å². The summed E-state index contributed by atoms with van der Waals surface area (Å²) in [7, 11) is 0. The third kappa shape index (κ3) is 3.84. The van der Waals surface area contributed by atoms with Crippen molar-refractivity contribution in [1.82, 2.24) is 5.32 Å². The molecule has 1 aromatic rings. The molecule has 1 aliphatic rings. The van der Waals surface area contributed by atoms with Crippen LogP contribution in [-0.2, 0) is 6.42 Å². The van der Waals surface area contributed by atoms with Crippen LogP contribution in [0.3, 0.4) is 0 Å². The van der Waals surface area contributed by atoms with Crippen molar-refractivity contribution >= 4 is 0 Å². The molecule has 0 saturated heterocycles. The number of hydrogen-bond donors (Lipinski definition) is 1. The van der Waals surface area contributed by atoms with Gasteiger partial charge in [0.25, 0.3) is 0 Å². The normalized spacial score (nSPS) is 18.4. The lowest BCUT2D eigenvalue weighted by molar-refractivity contribution is 0.278. The van der Waals surface area contributed by atoms with Gasteiger partial charge in [-0.15, -0.1) is 0 Å². The van der Waals surface area contributed by atoms with E-state index in [9.17, 15) is 0 Å². The van der Waals surface area contributed by atoms with Crippen molar-refractivity contribution in [2.45, 2.75) is 70.4 Å². The third-order valence-electron chi connectivity index (χ3n) is 4.12. The first-order valence-corrected chi connectivity index (χ1v) is 7.52. The molecule has 0 aromatic heterocycles. The highest BCUT2D eigenvalue weighted by Gasteiger charge is 2.33. The summed E-state index contributed by atoms with van der Waals surface area (Å²) in [6, 6.07) is 11.5. The average Bonchev–Trinajstić information content (AvgIpc) is 2.78. The highest BCUT2D eigenvalue weighted by molar-refractivity contribution is 5.14. The molecule has 0 atom stereocenters. The van der Waals surface area contributed by atoms with Gasteiger partial charge in [0.1, 0.15) is 0 Å². The van der Waals surface area contributed by atoms with Crippen molar-refractivity contribution in [1.29, 1.82) is 0 Å². The minimum atomic E-state index is 0.447. The van der Waals surface area contributed by atoms with Crippen LogP contribution in [0.1, 0.15) is 57.9 Å². The fourth-order valence-electron chi connectivity index (χ4n) is 3.41. The monoisotopic (exact) mass is 245 g/mol. The van der Waals surface area contributed by atoms with E-state index in [1.54, 1.807) is 0 Å². The summed E-state index contributed by atoms with van der Waals surface area (Å²) in [5.41, 5.74) is 1.93. The molecule has 100 valence electrons. The molecule has 1 N–H and O–H groups in total. The molecule has 2 rings (SSSR count). The third-order valence-corrected chi connectivity index (χ3v) is 4.12. The fraction of sp³-hybridized carbons (Fsp3) is 0.647. The van der Waals surface area contributed by atoms with Gasteiger partial charge in [0, 0.05) is 11.6 Å². The maximum Gasteiger partial charge on any atom is 0.0184 e. The maximum absolute atomic E-state index is 3.84. The summed E-state index contributed by atoms with van der Waals surface area (Å²) >= 11 is 0. The van der Waals surface area contributed by atoms with Crippen LogP contribution in [0.4, 0.5) is 0 Å². The Morgan fingerprint density at radius 3 is 2.39 bits per heavy atom. The van der Waals surface area contributed by atoms with Crippen LogP contribution in [0.15, 0.2) is 30.3 Å². The van der Waals surface area contributed by atoms with Gasteiger partial charge in [-0.1, -0.05) is 57.0 Å². The van der Waals surface area contributed by atoms with Crippen LogP contribution in [0.5, 0.6) is 0 Å². The zero-order chi connectivity index (χ0) is 12.8. The highest BCUT2D eigenvalue weighted by atomic mass is 15.0. The van der Waals surface area contributed by atoms with E-state index in [-0.39, 0.29) is 0 Å². The summed E-state index contributed by atoms with van der Waals surface area (Å²) in [4.78, 5) is 0. The van der Waals surface area contributed by atoms with Crippen molar-refractivity contribution in [2.24, 2.45) is 0 Å². The zero-order valence-corrected chi connectivity index (χ0v) is 11.9. The van der Waals surface area contributed by atoms with E-state index in [1.165, 1.54) is 50.5 Å². The Labute approximate surface area is 112 Å². The SMILES string of the molecule is CC(C)NC1(CCCc2ccccc2)CCCC1. The van der Waals surface area contributed by atoms with Crippen molar-refractivity contribution in [2.75, 3.05) is 0 Å². The van der Waals surface area contributed by atoms with Gasteiger partial charge in [-0.2, -0.15) is 0 Å². The average molecular weight is 245 g/mol. The molecular weight excluding hydrogens is 218 g/mol. The van der Waals surface area contributed by atoms with Crippen LogP contribution >= 0.6 is 0 Å². The number of nitrogens with one attached hydrogen (secondary N) is 1. The van der Waals surface area contributed by atoms with E-state index in [0.717, 1.165) is 0 Å². The van der Waals surface area contributed by atoms with Crippen LogP contribution in [-0.4, -0.2) is 11.6 Å². The molecule has 18 heavy (non-hydrogen) atoms. The van der Waals surface area contributed by atoms with E-state index in [2.05, 4.69) is 49.5 Å². The van der Waals surface area contributed by atoms with E-state index in [1.807, 2.05) is 0 Å². The van der Waals surface area contributed by atoms with E-state index in [0.29, 0.717) is 11.6 Å². The molecule has 0 unspecified atom stereocenters. The minimum absolute atomic E-state index is 0.447. The predicted molar refractivity (Wildman–Crippen MR) is 78.9 cm³/mol. The Hall–Kier alpha value is -0.820. The Kier molecular flexibility index (Phi) is 4.82. The molecule has 1 saturated carbocycles. The smallest absolute Gasteiger partial charge is 0.0184 e. The Balaban J connectivity index is 1.83. The standard InChI is InChI=1S/C17H27N/c1-15(2)18-17(12-6-7-13-17)14-8-11-16-9-4-3-5-10-16/h3-5,9-10,15,18H,6-8,11-14H2,1-2H3. The number of aryl methyl sites for hydroxylation is 1. The largest absolute Gasteiger partial charge is 0.309 e. The molecule has 0 radical (unpaired) electrons. The van der Waals surface area contributed by atoms with Crippen LogP contribution < -0.4 is 5.32 Å². The molecule has 0 aliphatic heterocycles. The Morgan fingerprint density at radius 2 is 1.78 bits per heavy atom. The van der Waals surface area contributed by atoms with Crippen molar-refractivity contribution in [3.8, 4) is 0 Å². The fourth-order valence-corrected chi connectivity index (χ4v) is 3.41. The van der Waals surface area contributed by atoms with E-state index >= 15 is 0 Å². The lowest BCUT2D eigenvalue weighted by Crippen LogP contribution is -2.46. The molecule has 1 heteroatoms. The molecule has 0 heterocycles. The van der Waals surface area contributed by atoms with Gasteiger partial charge in [-0.25, -0.2) is 0 Å². The summed E-state index contributed by atoms with van der Waals surface area (Å²) < 4.78 is 0. The van der Waals surface area contributed by atoms with Gasteiger partial charge in [0.05, 0.1) is 0 Å². The first-order valence-electron chi connectivity index (χ1n) is 7.52. The quantitative estimate of drug-likeness (QED) is 0.787. The molecule has 0 bridgehead atoms. The molecule has 0 amide bonds. The van der Waals surface area contributed by atoms with Crippen LogP contribution in [0.25, 0.3) is 0 Å². The van der Waals surface area contributed by atoms with Gasteiger partial charge >= 0.3 is 0 Å². The first-order chi connectivity index (χ1) is 8.70. The lowest BCUT2D eigenvalue weighted by atomic mass is 9.89. The van der Waals surface area contributed by atoms with Gasteiger partial charge < -0.3 is 5.32 Å². The second-order valence-corrected chi connectivity index (χ2v) is 6.13. The molecule has 1 aliphatic carbocycles. The molecule has 1 nitrogen and oxygen atoms in total. The maximum atomic E-state index is 3.84. The number of hydrogen-bond acceptors (Lipinski definition) is 1. The van der Waals surface area contributed by atoms with E-state index in [4.69, 9.17) is 0 Å². The van der Waals surface area contributed by atoms with Crippen molar-refractivity contribution in [3.05, 3.63) is 35.9 Å². The summed E-state index contributed by atoms with van der Waals surface area (Å²) in [6.07, 6.45) is 9.43. The van der Waals surface area contributed by atoms with Gasteiger partial charge in [0.15, 0.2) is 0 Å². The Morgan fingerprint density at radius 1 is 1.11 bits per heavy atom. The van der Waals surface area contributed by atoms with Gasteiger partial charge in [0.2, 0.25) is 0 Å². The predicted octanol–water partition coefficient (Wildman–Crippen LogP) is 4.32. The molecular formula is C17H27N. The van der Waals surface area contributed by atoms with Crippen LogP contribution in [0, 0.1) is 0 Å². The number of benzene rings is 1. The molecule has 1 aromatic carbocycles. The van der Waals surface area contributed by atoms with Crippen LogP contribution in [0.2, 0.25) is 0 Å². The topological polar surface area (TPSA) is 12.0 Å². The second-order valence-electron chi connectivity index (χ2n) is 6.13. The molecule has 1 fully saturated rings. The second kappa shape index (κ2) is 6.38. The van der Waals surface area contributed by atoms with E-state index < -0.39 is 0 Å². The van der Waals surface area contributed by atoms with Crippen molar-refractivity contribution < 1.29 is 0 Å². The summed E-state index contributed by atoms with van der Waals surface area (Å²) in [6.45, 7) is 4.55.